The van der Waals surface area contributed by atoms with E-state index in [4.69, 9.17) is 17.3 Å². The third kappa shape index (κ3) is 1.88. The van der Waals surface area contributed by atoms with Gasteiger partial charge < -0.3 is 5.73 Å². The van der Waals surface area contributed by atoms with Gasteiger partial charge in [0.25, 0.3) is 0 Å². The van der Waals surface area contributed by atoms with Crippen molar-refractivity contribution in [2.45, 2.75) is 13.3 Å². The Morgan fingerprint density at radius 1 is 1.50 bits per heavy atom. The summed E-state index contributed by atoms with van der Waals surface area (Å²) in [4.78, 5) is 4.05. The molecule has 0 saturated heterocycles. The summed E-state index contributed by atoms with van der Waals surface area (Å²) in [5.74, 6) is 0.539. The van der Waals surface area contributed by atoms with Crippen molar-refractivity contribution in [1.29, 1.82) is 0 Å². The summed E-state index contributed by atoms with van der Waals surface area (Å²) < 4.78 is 1.78. The van der Waals surface area contributed by atoms with Gasteiger partial charge in [-0.15, -0.1) is 0 Å². The Bertz CT molecular complexity index is 519. The first-order valence-corrected chi connectivity index (χ1v) is 5.34. The van der Waals surface area contributed by atoms with E-state index >= 15 is 0 Å². The fourth-order valence-electron chi connectivity index (χ4n) is 1.65. The lowest BCUT2D eigenvalue weighted by molar-refractivity contribution is 0.717. The van der Waals surface area contributed by atoms with E-state index in [1.54, 1.807) is 10.9 Å². The standard InChI is InChI=1S/C11H13ClN4/c1-7-10(12)9(16(2)15-7)6-8-4-3-5-14-11(8)13/h3-5H,6H2,1-2H3,(H2,13,14). The number of hydrogen-bond acceptors (Lipinski definition) is 3. The van der Waals surface area contributed by atoms with Gasteiger partial charge in [0.05, 0.1) is 16.4 Å². The van der Waals surface area contributed by atoms with E-state index in [1.165, 1.54) is 0 Å². The molecule has 2 heterocycles. The normalized spacial score (nSPS) is 10.7. The fraction of sp³-hybridized carbons (Fsp3) is 0.273. The first kappa shape index (κ1) is 11.0. The fourth-order valence-corrected chi connectivity index (χ4v) is 1.88. The van der Waals surface area contributed by atoms with Crippen molar-refractivity contribution in [3.05, 3.63) is 40.3 Å². The Hall–Kier alpha value is -1.55. The van der Waals surface area contributed by atoms with Crippen molar-refractivity contribution in [1.82, 2.24) is 14.8 Å². The lowest BCUT2D eigenvalue weighted by Gasteiger charge is -2.05. The summed E-state index contributed by atoms with van der Waals surface area (Å²) in [5, 5.41) is 4.96. The van der Waals surface area contributed by atoms with E-state index in [0.717, 1.165) is 17.0 Å². The zero-order valence-electron chi connectivity index (χ0n) is 9.24. The van der Waals surface area contributed by atoms with Crippen LogP contribution in [0.25, 0.3) is 0 Å². The van der Waals surface area contributed by atoms with Crippen molar-refractivity contribution < 1.29 is 0 Å². The molecule has 0 bridgehead atoms. The van der Waals surface area contributed by atoms with Crippen LogP contribution in [-0.2, 0) is 13.5 Å². The summed E-state index contributed by atoms with van der Waals surface area (Å²) in [7, 11) is 1.88. The molecule has 0 spiro atoms. The largest absolute Gasteiger partial charge is 0.383 e. The summed E-state index contributed by atoms with van der Waals surface area (Å²) in [6, 6.07) is 3.81. The average Bonchev–Trinajstić information content (AvgIpc) is 2.48. The van der Waals surface area contributed by atoms with Crippen molar-refractivity contribution in [2.75, 3.05) is 5.73 Å². The molecule has 4 nitrogen and oxygen atoms in total. The van der Waals surface area contributed by atoms with Gasteiger partial charge in [-0.3, -0.25) is 4.68 Å². The minimum absolute atomic E-state index is 0.539. The van der Waals surface area contributed by atoms with Crippen molar-refractivity contribution in [2.24, 2.45) is 7.05 Å². The lowest BCUT2D eigenvalue weighted by Crippen LogP contribution is -2.03. The van der Waals surface area contributed by atoms with Gasteiger partial charge in [-0.05, 0) is 13.0 Å². The maximum absolute atomic E-state index is 6.17. The maximum Gasteiger partial charge on any atom is 0.126 e. The number of anilines is 1. The molecule has 2 aromatic heterocycles. The summed E-state index contributed by atoms with van der Waals surface area (Å²) in [6.45, 7) is 1.89. The van der Waals surface area contributed by atoms with Crippen LogP contribution in [0.5, 0.6) is 0 Å². The third-order valence-corrected chi connectivity index (χ3v) is 3.04. The average molecular weight is 237 g/mol. The molecular formula is C11H13ClN4. The number of halogens is 1. The minimum atomic E-state index is 0.539. The smallest absolute Gasteiger partial charge is 0.126 e. The van der Waals surface area contributed by atoms with E-state index in [-0.39, 0.29) is 0 Å². The summed E-state index contributed by atoms with van der Waals surface area (Å²) >= 11 is 6.17. The number of pyridine rings is 1. The van der Waals surface area contributed by atoms with Gasteiger partial charge in [-0.25, -0.2) is 4.98 Å². The number of rotatable bonds is 2. The van der Waals surface area contributed by atoms with Gasteiger partial charge in [0.1, 0.15) is 5.82 Å². The van der Waals surface area contributed by atoms with Crippen LogP contribution in [0, 0.1) is 6.92 Å². The molecule has 2 N–H and O–H groups in total. The zero-order chi connectivity index (χ0) is 11.7. The molecule has 0 amide bonds. The molecule has 2 aromatic rings. The van der Waals surface area contributed by atoms with Crippen molar-refractivity contribution >= 4 is 17.4 Å². The monoisotopic (exact) mass is 236 g/mol. The Morgan fingerprint density at radius 3 is 2.81 bits per heavy atom. The third-order valence-electron chi connectivity index (χ3n) is 2.55. The van der Waals surface area contributed by atoms with Crippen LogP contribution >= 0.6 is 11.6 Å². The van der Waals surface area contributed by atoms with Crippen LogP contribution < -0.4 is 5.73 Å². The van der Waals surface area contributed by atoms with Gasteiger partial charge in [0.2, 0.25) is 0 Å². The number of hydrogen-bond donors (Lipinski definition) is 1. The Kier molecular flexibility index (Phi) is 2.83. The topological polar surface area (TPSA) is 56.7 Å². The van der Waals surface area contributed by atoms with Gasteiger partial charge in [-0.2, -0.15) is 5.10 Å². The predicted octanol–water partition coefficient (Wildman–Crippen LogP) is 1.95. The molecule has 0 aliphatic heterocycles. The highest BCUT2D eigenvalue weighted by Crippen LogP contribution is 2.23. The molecule has 0 aliphatic carbocycles. The molecule has 0 aliphatic rings. The Balaban J connectivity index is 2.38. The number of nitrogen functional groups attached to an aromatic ring is 1. The molecule has 0 saturated carbocycles. The summed E-state index contributed by atoms with van der Waals surface area (Å²) in [6.07, 6.45) is 2.32. The van der Waals surface area contributed by atoms with Crippen LogP contribution in [0.1, 0.15) is 17.0 Å². The number of nitrogens with zero attached hydrogens (tertiary/aromatic N) is 3. The second-order valence-corrected chi connectivity index (χ2v) is 4.07. The van der Waals surface area contributed by atoms with Crippen LogP contribution in [0.3, 0.4) is 0 Å². The molecular weight excluding hydrogens is 224 g/mol. The molecule has 5 heteroatoms. The van der Waals surface area contributed by atoms with Crippen LogP contribution in [0.15, 0.2) is 18.3 Å². The molecule has 0 radical (unpaired) electrons. The SMILES string of the molecule is Cc1nn(C)c(Cc2cccnc2N)c1Cl. The van der Waals surface area contributed by atoms with Gasteiger partial charge >= 0.3 is 0 Å². The second-order valence-electron chi connectivity index (χ2n) is 3.69. The number of nitrogens with two attached hydrogens (primary N) is 1. The van der Waals surface area contributed by atoms with Gasteiger partial charge in [-0.1, -0.05) is 17.7 Å². The van der Waals surface area contributed by atoms with E-state index in [9.17, 15) is 0 Å². The van der Waals surface area contributed by atoms with E-state index in [2.05, 4.69) is 10.1 Å². The Labute approximate surface area is 99.1 Å². The predicted molar refractivity (Wildman–Crippen MR) is 64.4 cm³/mol. The molecule has 0 atom stereocenters. The van der Waals surface area contributed by atoms with E-state index in [1.807, 2.05) is 26.1 Å². The highest BCUT2D eigenvalue weighted by atomic mass is 35.5. The quantitative estimate of drug-likeness (QED) is 0.867. The molecule has 2 rings (SSSR count). The van der Waals surface area contributed by atoms with Gasteiger partial charge in [0.15, 0.2) is 0 Å². The zero-order valence-corrected chi connectivity index (χ0v) is 9.99. The molecule has 0 aromatic carbocycles. The molecule has 0 unspecified atom stereocenters. The van der Waals surface area contributed by atoms with Crippen molar-refractivity contribution in [3.8, 4) is 0 Å². The van der Waals surface area contributed by atoms with E-state index < -0.39 is 0 Å². The Morgan fingerprint density at radius 2 is 2.25 bits per heavy atom. The first-order valence-electron chi connectivity index (χ1n) is 4.97. The second kappa shape index (κ2) is 4.14. The highest BCUT2D eigenvalue weighted by molar-refractivity contribution is 6.31. The van der Waals surface area contributed by atoms with E-state index in [0.29, 0.717) is 17.3 Å². The highest BCUT2D eigenvalue weighted by Gasteiger charge is 2.12. The molecule has 84 valence electrons. The minimum Gasteiger partial charge on any atom is -0.383 e. The van der Waals surface area contributed by atoms with Crippen molar-refractivity contribution in [3.63, 3.8) is 0 Å². The van der Waals surface area contributed by atoms with Crippen LogP contribution in [-0.4, -0.2) is 14.8 Å². The number of aromatic nitrogens is 3. The first-order chi connectivity index (χ1) is 7.59. The van der Waals surface area contributed by atoms with Crippen LogP contribution in [0.4, 0.5) is 5.82 Å². The van der Waals surface area contributed by atoms with Crippen LogP contribution in [0.2, 0.25) is 5.02 Å². The maximum atomic E-state index is 6.17. The molecule has 0 fully saturated rings. The summed E-state index contributed by atoms with van der Waals surface area (Å²) in [5.41, 5.74) is 8.55. The van der Waals surface area contributed by atoms with Gasteiger partial charge in [0, 0.05) is 25.2 Å². The number of aryl methyl sites for hydroxylation is 2. The molecule has 16 heavy (non-hydrogen) atoms. The lowest BCUT2D eigenvalue weighted by atomic mass is 10.1.